The predicted octanol–water partition coefficient (Wildman–Crippen LogP) is 12.8. The van der Waals surface area contributed by atoms with Gasteiger partial charge in [0.25, 0.3) is 0 Å². The largest absolute Gasteiger partial charge is 0.331 e. The molecular formula is C38H85ClN2+2. The van der Waals surface area contributed by atoms with Crippen molar-refractivity contribution in [3.05, 3.63) is 0 Å². The second kappa shape index (κ2) is 34.7. The summed E-state index contributed by atoms with van der Waals surface area (Å²) in [5, 5.41) is 0. The van der Waals surface area contributed by atoms with Gasteiger partial charge in [0, 0.05) is 0 Å². The maximum Gasteiger partial charge on any atom is 0.0780 e. The van der Waals surface area contributed by atoms with E-state index in [4.69, 9.17) is 0 Å². The zero-order valence-corrected chi connectivity index (χ0v) is 31.3. The summed E-state index contributed by atoms with van der Waals surface area (Å²) >= 11 is 0. The van der Waals surface area contributed by atoms with Crippen molar-refractivity contribution < 1.29 is 8.97 Å². The minimum Gasteiger partial charge on any atom is -0.331 e. The Balaban J connectivity index is -0.000000688. The van der Waals surface area contributed by atoms with E-state index in [9.17, 15) is 0 Å². The van der Waals surface area contributed by atoms with Gasteiger partial charge >= 0.3 is 0 Å². The van der Waals surface area contributed by atoms with Crippen molar-refractivity contribution in [1.29, 1.82) is 0 Å². The Morgan fingerprint density at radius 3 is 0.537 bits per heavy atom. The van der Waals surface area contributed by atoms with E-state index >= 15 is 0 Å². The predicted molar refractivity (Wildman–Crippen MR) is 194 cm³/mol. The first kappa shape index (κ1) is 45.6. The average Bonchev–Trinajstić information content (AvgIpc) is 2.88. The fourth-order valence-corrected chi connectivity index (χ4v) is 5.56. The number of rotatable bonds is 30. The van der Waals surface area contributed by atoms with Crippen molar-refractivity contribution in [2.24, 2.45) is 0 Å². The molecule has 41 heavy (non-hydrogen) atoms. The van der Waals surface area contributed by atoms with Crippen LogP contribution in [-0.4, -0.2) is 64.3 Å². The van der Waals surface area contributed by atoms with Gasteiger partial charge in [-0.15, -0.1) is 12.4 Å². The number of hydrogen-bond acceptors (Lipinski definition) is 0. The van der Waals surface area contributed by atoms with Gasteiger partial charge in [0.05, 0.1) is 55.4 Å². The maximum atomic E-state index is 2.29. The second-order valence-corrected chi connectivity index (χ2v) is 15.2. The number of quaternary nitrogens is 2. The lowest BCUT2D eigenvalue weighted by atomic mass is 10.0. The minimum absolute atomic E-state index is 0. The lowest BCUT2D eigenvalue weighted by Gasteiger charge is -2.23. The molecule has 0 aliphatic carbocycles. The molecule has 0 saturated carbocycles. The SMILES string of the molecule is CCCCCCCCCCCCCCCC[N+](C)(C)C.CCCCCCCCCCCCCCCC[N+](C)(C)C.Cl. The lowest BCUT2D eigenvalue weighted by Crippen LogP contribution is -2.35. The summed E-state index contributed by atoms with van der Waals surface area (Å²) in [6, 6.07) is 0. The Hall–Kier alpha value is 0.210. The summed E-state index contributed by atoms with van der Waals surface area (Å²) in [5.41, 5.74) is 0. The van der Waals surface area contributed by atoms with Crippen molar-refractivity contribution in [2.75, 3.05) is 55.4 Å². The molecule has 0 amide bonds. The molecule has 0 bridgehead atoms. The number of hydrogen-bond donors (Lipinski definition) is 0. The van der Waals surface area contributed by atoms with Crippen molar-refractivity contribution >= 4 is 12.4 Å². The van der Waals surface area contributed by atoms with Crippen LogP contribution in [0, 0.1) is 0 Å². The molecule has 2 nitrogen and oxygen atoms in total. The molecule has 0 aliphatic rings. The van der Waals surface area contributed by atoms with E-state index in [1.54, 1.807) is 0 Å². The smallest absolute Gasteiger partial charge is 0.0780 e. The van der Waals surface area contributed by atoms with E-state index in [1.165, 1.54) is 193 Å². The fourth-order valence-electron chi connectivity index (χ4n) is 5.56. The molecule has 3 heteroatoms. The monoisotopic (exact) mass is 605 g/mol. The molecule has 252 valence electrons. The molecule has 0 N–H and O–H groups in total. The minimum atomic E-state index is 0. The van der Waals surface area contributed by atoms with Crippen molar-refractivity contribution in [1.82, 2.24) is 0 Å². The van der Waals surface area contributed by atoms with Gasteiger partial charge in [0.2, 0.25) is 0 Å². The molecular weight excluding hydrogens is 520 g/mol. The molecule has 0 unspecified atom stereocenters. The summed E-state index contributed by atoms with van der Waals surface area (Å²) in [4.78, 5) is 0. The van der Waals surface area contributed by atoms with Gasteiger partial charge in [-0.3, -0.25) is 0 Å². The Morgan fingerprint density at radius 2 is 0.390 bits per heavy atom. The normalized spacial score (nSPS) is 11.7. The third kappa shape index (κ3) is 50.2. The molecule has 0 radical (unpaired) electrons. The molecule has 0 rings (SSSR count). The van der Waals surface area contributed by atoms with Crippen LogP contribution in [0.2, 0.25) is 0 Å². The molecule has 0 atom stereocenters. The van der Waals surface area contributed by atoms with Crippen LogP contribution >= 0.6 is 12.4 Å². The summed E-state index contributed by atoms with van der Waals surface area (Å²) < 4.78 is 2.25. The molecule has 0 fully saturated rings. The highest BCUT2D eigenvalue weighted by molar-refractivity contribution is 5.85. The number of unbranched alkanes of at least 4 members (excludes halogenated alkanes) is 26. The molecule has 0 aliphatic heterocycles. The highest BCUT2D eigenvalue weighted by atomic mass is 35.5. The Labute approximate surface area is 269 Å². The van der Waals surface area contributed by atoms with E-state index in [2.05, 4.69) is 56.1 Å². The maximum absolute atomic E-state index is 2.29. The van der Waals surface area contributed by atoms with E-state index < -0.39 is 0 Å². The molecule has 0 aromatic carbocycles. The number of nitrogens with zero attached hydrogens (tertiary/aromatic N) is 2. The first-order valence-electron chi connectivity index (χ1n) is 18.7. The van der Waals surface area contributed by atoms with E-state index in [0.29, 0.717) is 0 Å². The Bertz CT molecular complexity index is 410. The summed E-state index contributed by atoms with van der Waals surface area (Å²) in [5.74, 6) is 0. The van der Waals surface area contributed by atoms with Crippen molar-refractivity contribution in [3.63, 3.8) is 0 Å². The quantitative estimate of drug-likeness (QED) is 0.0565. The highest BCUT2D eigenvalue weighted by Gasteiger charge is 2.06. The van der Waals surface area contributed by atoms with Crippen molar-refractivity contribution in [2.45, 2.75) is 194 Å². The number of halogens is 1. The Kier molecular flexibility index (Phi) is 38.6. The zero-order valence-electron chi connectivity index (χ0n) is 30.5. The fraction of sp³-hybridized carbons (Fsp3) is 1.00. The molecule has 0 saturated heterocycles. The van der Waals surface area contributed by atoms with Gasteiger partial charge in [-0.05, 0) is 25.7 Å². The molecule has 0 spiro atoms. The van der Waals surface area contributed by atoms with E-state index in [1.807, 2.05) is 0 Å². The summed E-state index contributed by atoms with van der Waals surface area (Å²) in [6.07, 6.45) is 40.7. The van der Waals surface area contributed by atoms with Gasteiger partial charge in [0.1, 0.15) is 0 Å². The summed E-state index contributed by atoms with van der Waals surface area (Å²) in [6.45, 7) is 7.25. The third-order valence-corrected chi connectivity index (χ3v) is 8.36. The van der Waals surface area contributed by atoms with Crippen molar-refractivity contribution in [3.8, 4) is 0 Å². The van der Waals surface area contributed by atoms with Crippen LogP contribution < -0.4 is 0 Å². The first-order chi connectivity index (χ1) is 19.1. The van der Waals surface area contributed by atoms with Gasteiger partial charge in [-0.2, -0.15) is 0 Å². The molecule has 0 heterocycles. The van der Waals surface area contributed by atoms with Crippen LogP contribution in [0.25, 0.3) is 0 Å². The van der Waals surface area contributed by atoms with Crippen LogP contribution in [0.1, 0.15) is 194 Å². The standard InChI is InChI=1S/2C19H42N.ClH/c2*1-5-6-7-8-9-10-11-12-13-14-15-16-17-18-19-20(2,3)4;/h2*5-19H2,1-4H3;1H/q2*+1;. The van der Waals surface area contributed by atoms with Gasteiger partial charge in [-0.1, -0.05) is 168 Å². The van der Waals surface area contributed by atoms with Gasteiger partial charge < -0.3 is 8.97 Å². The van der Waals surface area contributed by atoms with Crippen LogP contribution in [0.15, 0.2) is 0 Å². The van der Waals surface area contributed by atoms with E-state index in [0.717, 1.165) is 8.97 Å². The van der Waals surface area contributed by atoms with Crippen LogP contribution in [0.3, 0.4) is 0 Å². The average molecular weight is 606 g/mol. The summed E-state index contributed by atoms with van der Waals surface area (Å²) in [7, 11) is 13.8. The van der Waals surface area contributed by atoms with Gasteiger partial charge in [0.15, 0.2) is 0 Å². The second-order valence-electron chi connectivity index (χ2n) is 15.2. The lowest BCUT2D eigenvalue weighted by molar-refractivity contribution is -0.870. The molecule has 0 aromatic rings. The molecule has 0 aromatic heterocycles. The van der Waals surface area contributed by atoms with Crippen LogP contribution in [-0.2, 0) is 0 Å². The Morgan fingerprint density at radius 1 is 0.244 bits per heavy atom. The highest BCUT2D eigenvalue weighted by Crippen LogP contribution is 2.14. The van der Waals surface area contributed by atoms with Gasteiger partial charge in [-0.25, -0.2) is 0 Å². The third-order valence-electron chi connectivity index (χ3n) is 8.36. The van der Waals surface area contributed by atoms with Crippen LogP contribution in [0.5, 0.6) is 0 Å². The zero-order chi connectivity index (χ0) is 30.2. The van der Waals surface area contributed by atoms with Crippen LogP contribution in [0.4, 0.5) is 0 Å². The van der Waals surface area contributed by atoms with E-state index in [-0.39, 0.29) is 12.4 Å². The topological polar surface area (TPSA) is 0 Å². The first-order valence-corrected chi connectivity index (χ1v) is 18.7.